The van der Waals surface area contributed by atoms with Crippen LogP contribution in [0.4, 0.5) is 0 Å². The highest BCUT2D eigenvalue weighted by molar-refractivity contribution is 8.16. The lowest BCUT2D eigenvalue weighted by Gasteiger charge is -2.18. The number of benzene rings is 1. The summed E-state index contributed by atoms with van der Waals surface area (Å²) in [5.74, 6) is 1.02. The van der Waals surface area contributed by atoms with E-state index in [4.69, 9.17) is 17.0 Å². The Morgan fingerprint density at radius 2 is 1.95 bits per heavy atom. The molecule has 2 atom stereocenters. The van der Waals surface area contributed by atoms with Crippen LogP contribution in [0.15, 0.2) is 42.5 Å². The highest BCUT2D eigenvalue weighted by atomic mass is 32.2. The summed E-state index contributed by atoms with van der Waals surface area (Å²) in [6, 6.07) is 10.5. The summed E-state index contributed by atoms with van der Waals surface area (Å²) in [7, 11) is 0. The van der Waals surface area contributed by atoms with Crippen molar-refractivity contribution in [1.29, 1.82) is 0 Å². The quantitative estimate of drug-likeness (QED) is 0.385. The summed E-state index contributed by atoms with van der Waals surface area (Å²) in [5.41, 5.74) is 2.22. The van der Waals surface area contributed by atoms with E-state index in [2.05, 4.69) is 37.8 Å². The van der Waals surface area contributed by atoms with Gasteiger partial charge >= 0.3 is 0 Å². The Balaban J connectivity index is 2.29. The van der Waals surface area contributed by atoms with Crippen molar-refractivity contribution in [3.05, 3.63) is 48.0 Å². The molecule has 1 nitrogen and oxygen atoms in total. The van der Waals surface area contributed by atoms with E-state index in [9.17, 15) is 0 Å². The van der Waals surface area contributed by atoms with Crippen molar-refractivity contribution in [2.45, 2.75) is 36.5 Å². The molecule has 0 bridgehead atoms. The Kier molecular flexibility index (Phi) is 7.57. The van der Waals surface area contributed by atoms with Gasteiger partial charge in [-0.3, -0.25) is 0 Å². The Morgan fingerprint density at radius 1 is 1.32 bits per heavy atom. The molecule has 0 heterocycles. The van der Waals surface area contributed by atoms with Gasteiger partial charge in [0.1, 0.15) is 5.44 Å². The molecular formula is C15H20OS3. The molecule has 104 valence electrons. The van der Waals surface area contributed by atoms with Crippen molar-refractivity contribution in [1.82, 2.24) is 0 Å². The van der Waals surface area contributed by atoms with Gasteiger partial charge < -0.3 is 4.74 Å². The molecule has 1 rings (SSSR count). The van der Waals surface area contributed by atoms with Gasteiger partial charge in [-0.25, -0.2) is 0 Å². The average Bonchev–Trinajstić information content (AvgIpc) is 2.37. The molecule has 4 heteroatoms. The molecule has 0 fully saturated rings. The zero-order valence-corrected chi connectivity index (χ0v) is 14.0. The first-order chi connectivity index (χ1) is 8.99. The highest BCUT2D eigenvalue weighted by Crippen LogP contribution is 2.30. The van der Waals surface area contributed by atoms with Crippen LogP contribution in [0.3, 0.4) is 0 Å². The highest BCUT2D eigenvalue weighted by Gasteiger charge is 2.12. The number of hydrogen-bond acceptors (Lipinski definition) is 4. The Morgan fingerprint density at radius 3 is 2.53 bits per heavy atom. The standard InChI is InChI=1S/C15H20OS3/c1-11(2)15(17)16-12(3)19-13(4)18-10-14-8-6-5-7-9-14/h5-9,12-13H,1,10H2,2-4H3. The topological polar surface area (TPSA) is 9.23 Å². The fraction of sp³-hybridized carbons (Fsp3) is 0.400. The molecule has 0 aromatic heterocycles. The maximum atomic E-state index is 5.62. The lowest BCUT2D eigenvalue weighted by Crippen LogP contribution is -2.12. The zero-order valence-electron chi connectivity index (χ0n) is 11.6. The van der Waals surface area contributed by atoms with Gasteiger partial charge in [-0.15, -0.1) is 23.5 Å². The van der Waals surface area contributed by atoms with E-state index in [1.807, 2.05) is 31.7 Å². The number of hydrogen-bond donors (Lipinski definition) is 0. The smallest absolute Gasteiger partial charge is 0.187 e. The average molecular weight is 313 g/mol. The van der Waals surface area contributed by atoms with E-state index in [1.165, 1.54) is 5.56 Å². The maximum absolute atomic E-state index is 5.62. The SMILES string of the molecule is C=C(C)C(=S)OC(C)SC(C)SCc1ccccc1. The van der Waals surface area contributed by atoms with Gasteiger partial charge in [0.15, 0.2) is 5.05 Å². The number of ether oxygens (including phenoxy) is 1. The van der Waals surface area contributed by atoms with Gasteiger partial charge in [0.05, 0.1) is 4.58 Å². The molecule has 0 aliphatic carbocycles. The number of thiocarbonyl (C=S) groups is 1. The molecule has 0 spiro atoms. The fourth-order valence-corrected chi connectivity index (χ4v) is 3.88. The molecule has 0 saturated heterocycles. The van der Waals surface area contributed by atoms with E-state index in [-0.39, 0.29) is 5.44 Å². The van der Waals surface area contributed by atoms with E-state index in [0.29, 0.717) is 9.63 Å². The Bertz CT molecular complexity index is 417. The first-order valence-corrected chi connectivity index (χ1v) is 8.56. The minimum atomic E-state index is 0.0578. The van der Waals surface area contributed by atoms with Gasteiger partial charge in [0, 0.05) is 5.75 Å². The molecule has 0 saturated carbocycles. The lowest BCUT2D eigenvalue weighted by molar-refractivity contribution is 0.303. The first-order valence-electron chi connectivity index (χ1n) is 6.16. The van der Waals surface area contributed by atoms with Gasteiger partial charge in [0.2, 0.25) is 0 Å². The Hall–Kier alpha value is -0.450. The summed E-state index contributed by atoms with van der Waals surface area (Å²) >= 11 is 8.79. The Labute approximate surface area is 130 Å². The normalized spacial score (nSPS) is 13.6. The monoisotopic (exact) mass is 312 g/mol. The molecule has 0 N–H and O–H groups in total. The molecule has 0 aliphatic heterocycles. The van der Waals surface area contributed by atoms with E-state index >= 15 is 0 Å². The summed E-state index contributed by atoms with van der Waals surface area (Å²) in [6.07, 6.45) is 0. The van der Waals surface area contributed by atoms with Gasteiger partial charge in [0.25, 0.3) is 0 Å². The maximum Gasteiger partial charge on any atom is 0.187 e. The molecule has 0 aliphatic rings. The molecule has 0 amide bonds. The third kappa shape index (κ3) is 7.04. The fourth-order valence-electron chi connectivity index (χ4n) is 1.38. The van der Waals surface area contributed by atoms with Crippen molar-refractivity contribution in [3.63, 3.8) is 0 Å². The van der Waals surface area contributed by atoms with E-state index in [0.717, 1.165) is 11.3 Å². The number of thioether (sulfide) groups is 2. The van der Waals surface area contributed by atoms with Crippen LogP contribution in [-0.4, -0.2) is 15.1 Å². The van der Waals surface area contributed by atoms with Crippen LogP contribution >= 0.6 is 35.7 Å². The second-order valence-corrected chi connectivity index (χ2v) is 7.90. The summed E-state index contributed by atoms with van der Waals surface area (Å²) < 4.78 is 6.08. The van der Waals surface area contributed by atoms with Gasteiger partial charge in [-0.05, 0) is 44.1 Å². The van der Waals surface area contributed by atoms with Crippen LogP contribution in [0.2, 0.25) is 0 Å². The molecule has 19 heavy (non-hydrogen) atoms. The van der Waals surface area contributed by atoms with Gasteiger partial charge in [-0.2, -0.15) is 0 Å². The predicted molar refractivity (Wildman–Crippen MR) is 92.7 cm³/mol. The van der Waals surface area contributed by atoms with Crippen LogP contribution in [0.1, 0.15) is 26.3 Å². The van der Waals surface area contributed by atoms with Crippen LogP contribution in [0.25, 0.3) is 0 Å². The molecule has 1 aromatic rings. The minimum absolute atomic E-state index is 0.0578. The minimum Gasteiger partial charge on any atom is -0.469 e. The predicted octanol–water partition coefficient (Wildman–Crippen LogP) is 5.27. The van der Waals surface area contributed by atoms with Crippen LogP contribution < -0.4 is 0 Å². The van der Waals surface area contributed by atoms with Crippen molar-refractivity contribution < 1.29 is 4.74 Å². The van der Waals surface area contributed by atoms with Crippen molar-refractivity contribution in [3.8, 4) is 0 Å². The molecule has 1 aromatic carbocycles. The van der Waals surface area contributed by atoms with Gasteiger partial charge in [-0.1, -0.05) is 36.9 Å². The molecule has 0 radical (unpaired) electrons. The second kappa shape index (κ2) is 8.67. The van der Waals surface area contributed by atoms with E-state index < -0.39 is 0 Å². The summed E-state index contributed by atoms with van der Waals surface area (Å²) in [5, 5.41) is 0.514. The first kappa shape index (κ1) is 16.6. The zero-order chi connectivity index (χ0) is 14.3. The third-order valence-corrected chi connectivity index (χ3v) is 5.35. The van der Waals surface area contributed by atoms with Crippen LogP contribution in [0, 0.1) is 0 Å². The van der Waals surface area contributed by atoms with Crippen molar-refractivity contribution in [2.24, 2.45) is 0 Å². The lowest BCUT2D eigenvalue weighted by atomic mass is 10.2. The third-order valence-electron chi connectivity index (χ3n) is 2.33. The second-order valence-electron chi connectivity index (χ2n) is 4.25. The van der Waals surface area contributed by atoms with Crippen molar-refractivity contribution in [2.75, 3.05) is 0 Å². The van der Waals surface area contributed by atoms with Crippen molar-refractivity contribution >= 4 is 40.8 Å². The summed E-state index contributed by atoms with van der Waals surface area (Å²) in [4.78, 5) is 0. The summed E-state index contributed by atoms with van der Waals surface area (Å²) in [6.45, 7) is 9.87. The van der Waals surface area contributed by atoms with Crippen LogP contribution in [0.5, 0.6) is 0 Å². The number of rotatable bonds is 7. The van der Waals surface area contributed by atoms with Crippen LogP contribution in [-0.2, 0) is 10.5 Å². The molecular weight excluding hydrogens is 292 g/mol. The largest absolute Gasteiger partial charge is 0.469 e. The molecule has 2 unspecified atom stereocenters. The van der Waals surface area contributed by atoms with E-state index in [1.54, 1.807) is 11.8 Å².